The number of rotatable bonds is 7. The number of hydrogen-bond acceptors (Lipinski definition) is 5. The Morgan fingerprint density at radius 1 is 1.07 bits per heavy atom. The van der Waals surface area contributed by atoms with Gasteiger partial charge in [0.05, 0.1) is 5.56 Å². The number of carbonyl (C=O) groups excluding carboxylic acids is 1. The minimum absolute atomic E-state index is 0. The Labute approximate surface area is 173 Å². The molecule has 1 aromatic carbocycles. The summed E-state index contributed by atoms with van der Waals surface area (Å²) >= 11 is 0. The van der Waals surface area contributed by atoms with Gasteiger partial charge in [0.2, 0.25) is 0 Å². The monoisotopic (exact) mass is 403 g/mol. The van der Waals surface area contributed by atoms with E-state index in [0.717, 1.165) is 45.7 Å². The van der Waals surface area contributed by atoms with Crippen molar-refractivity contribution in [3.63, 3.8) is 0 Å². The molecule has 7 heteroatoms. The summed E-state index contributed by atoms with van der Waals surface area (Å²) in [6, 6.07) is 14.2. The number of benzene rings is 1. The van der Waals surface area contributed by atoms with E-state index >= 15 is 0 Å². The maximum Gasteiger partial charge on any atom is 0.257 e. The molecule has 1 N–H and O–H groups in total. The number of carbonyl (C=O) groups is 1. The molecule has 1 saturated heterocycles. The van der Waals surface area contributed by atoms with Gasteiger partial charge < -0.3 is 15.1 Å². The maximum atomic E-state index is 12.2. The van der Waals surface area contributed by atoms with E-state index < -0.39 is 0 Å². The van der Waals surface area contributed by atoms with Gasteiger partial charge in [0.1, 0.15) is 5.82 Å². The van der Waals surface area contributed by atoms with Gasteiger partial charge in [-0.05, 0) is 37.2 Å². The highest BCUT2D eigenvalue weighted by atomic mass is 35.5. The van der Waals surface area contributed by atoms with E-state index in [9.17, 15) is 4.79 Å². The van der Waals surface area contributed by atoms with Crippen LogP contribution in [0.25, 0.3) is 0 Å². The Morgan fingerprint density at radius 2 is 1.79 bits per heavy atom. The molecule has 2 aromatic rings. The topological polar surface area (TPSA) is 51.7 Å². The molecule has 0 atom stereocenters. The fourth-order valence-electron chi connectivity index (χ4n) is 3.34. The second-order valence-corrected chi connectivity index (χ2v) is 7.04. The predicted molar refractivity (Wildman–Crippen MR) is 118 cm³/mol. The van der Waals surface area contributed by atoms with Crippen LogP contribution in [0.5, 0.6) is 0 Å². The largest absolute Gasteiger partial charge is 0.369 e. The molecule has 1 aromatic heterocycles. The van der Waals surface area contributed by atoms with E-state index in [1.807, 2.05) is 6.07 Å². The lowest BCUT2D eigenvalue weighted by Gasteiger charge is -2.36. The molecule has 2 heterocycles. The Hall–Kier alpha value is -2.31. The number of nitrogens with one attached hydrogen (secondary N) is 1. The quantitative estimate of drug-likeness (QED) is 0.720. The van der Waals surface area contributed by atoms with Gasteiger partial charge in [0, 0.05) is 58.7 Å². The second-order valence-electron chi connectivity index (χ2n) is 7.04. The third kappa shape index (κ3) is 5.84. The molecule has 0 aliphatic carbocycles. The summed E-state index contributed by atoms with van der Waals surface area (Å²) in [5.74, 6) is 0.646. The summed E-state index contributed by atoms with van der Waals surface area (Å²) in [5.41, 5.74) is 1.94. The molecule has 28 heavy (non-hydrogen) atoms. The third-order valence-corrected chi connectivity index (χ3v) is 4.88. The Balaban J connectivity index is 0.00000280. The van der Waals surface area contributed by atoms with Crippen molar-refractivity contribution in [2.75, 3.05) is 63.6 Å². The van der Waals surface area contributed by atoms with Gasteiger partial charge >= 0.3 is 0 Å². The molecule has 3 rings (SSSR count). The van der Waals surface area contributed by atoms with Crippen molar-refractivity contribution in [2.45, 2.75) is 6.42 Å². The molecule has 1 fully saturated rings. The second kappa shape index (κ2) is 10.9. The molecule has 0 spiro atoms. The minimum Gasteiger partial charge on any atom is -0.369 e. The number of anilines is 2. The van der Waals surface area contributed by atoms with Crippen molar-refractivity contribution in [2.24, 2.45) is 0 Å². The van der Waals surface area contributed by atoms with Crippen LogP contribution < -0.4 is 10.2 Å². The van der Waals surface area contributed by atoms with Crippen LogP contribution in [-0.2, 0) is 0 Å². The smallest absolute Gasteiger partial charge is 0.257 e. The Kier molecular flexibility index (Phi) is 8.54. The average Bonchev–Trinajstić information content (AvgIpc) is 2.72. The van der Waals surface area contributed by atoms with Crippen molar-refractivity contribution in [1.82, 2.24) is 14.8 Å². The van der Waals surface area contributed by atoms with Crippen LogP contribution in [0.2, 0.25) is 0 Å². The Bertz CT molecular complexity index is 733. The summed E-state index contributed by atoms with van der Waals surface area (Å²) < 4.78 is 0. The highest BCUT2D eigenvalue weighted by molar-refractivity contribution is 5.98. The number of hydrogen-bond donors (Lipinski definition) is 1. The number of amides is 1. The maximum absolute atomic E-state index is 12.2. The van der Waals surface area contributed by atoms with Crippen LogP contribution in [0.1, 0.15) is 16.8 Å². The standard InChI is InChI=1S/C21H29N5O.ClH/c1-24(2)21(27)19-10-6-11-22-20(19)23-12-7-13-25-14-16-26(17-15-25)18-8-4-3-5-9-18;/h3-6,8-11H,7,12-17H2,1-2H3,(H,22,23);1H. The number of nitrogens with zero attached hydrogens (tertiary/aromatic N) is 4. The van der Waals surface area contributed by atoms with Crippen molar-refractivity contribution in [3.8, 4) is 0 Å². The van der Waals surface area contributed by atoms with Crippen LogP contribution in [0.3, 0.4) is 0 Å². The summed E-state index contributed by atoms with van der Waals surface area (Å²) in [5, 5.41) is 3.33. The van der Waals surface area contributed by atoms with E-state index in [2.05, 4.69) is 50.4 Å². The molecule has 1 amide bonds. The van der Waals surface area contributed by atoms with Crippen molar-refractivity contribution >= 4 is 29.8 Å². The van der Waals surface area contributed by atoms with Crippen LogP contribution in [0, 0.1) is 0 Å². The Morgan fingerprint density at radius 3 is 2.46 bits per heavy atom. The predicted octanol–water partition coefficient (Wildman–Crippen LogP) is 2.83. The molecular formula is C21H30ClN5O. The van der Waals surface area contributed by atoms with Gasteiger partial charge in [0.25, 0.3) is 5.91 Å². The van der Waals surface area contributed by atoms with Crippen molar-refractivity contribution < 1.29 is 4.79 Å². The molecule has 1 aliphatic heterocycles. The first-order valence-corrected chi connectivity index (χ1v) is 9.58. The molecule has 0 saturated carbocycles. The number of pyridine rings is 1. The zero-order valence-electron chi connectivity index (χ0n) is 16.7. The van der Waals surface area contributed by atoms with Crippen LogP contribution in [-0.4, -0.2) is 74.1 Å². The van der Waals surface area contributed by atoms with E-state index in [1.165, 1.54) is 5.69 Å². The fraction of sp³-hybridized carbons (Fsp3) is 0.429. The molecule has 6 nitrogen and oxygen atoms in total. The van der Waals surface area contributed by atoms with Gasteiger partial charge in [0.15, 0.2) is 0 Å². The first-order valence-electron chi connectivity index (χ1n) is 9.58. The van der Waals surface area contributed by atoms with Crippen LogP contribution in [0.4, 0.5) is 11.5 Å². The first kappa shape index (κ1) is 22.0. The number of para-hydroxylation sites is 1. The lowest BCUT2D eigenvalue weighted by molar-refractivity contribution is 0.0828. The molecule has 0 unspecified atom stereocenters. The highest BCUT2D eigenvalue weighted by Gasteiger charge is 2.17. The van der Waals surface area contributed by atoms with E-state index in [1.54, 1.807) is 31.3 Å². The zero-order chi connectivity index (χ0) is 19.1. The SMILES string of the molecule is CN(C)C(=O)c1cccnc1NCCCN1CCN(c2ccccc2)CC1.Cl. The van der Waals surface area contributed by atoms with E-state index in [-0.39, 0.29) is 18.3 Å². The lowest BCUT2D eigenvalue weighted by Crippen LogP contribution is -2.46. The molecule has 0 bridgehead atoms. The molecule has 152 valence electrons. The third-order valence-electron chi connectivity index (χ3n) is 4.88. The average molecular weight is 404 g/mol. The lowest BCUT2D eigenvalue weighted by atomic mass is 10.2. The van der Waals surface area contributed by atoms with Crippen LogP contribution >= 0.6 is 12.4 Å². The van der Waals surface area contributed by atoms with E-state index in [0.29, 0.717) is 11.4 Å². The van der Waals surface area contributed by atoms with Gasteiger partial charge in [-0.3, -0.25) is 9.69 Å². The number of piperazine rings is 1. The zero-order valence-corrected chi connectivity index (χ0v) is 17.5. The van der Waals surface area contributed by atoms with Gasteiger partial charge in [-0.2, -0.15) is 0 Å². The van der Waals surface area contributed by atoms with Gasteiger partial charge in [-0.25, -0.2) is 4.98 Å². The number of halogens is 1. The fourth-order valence-corrected chi connectivity index (χ4v) is 3.34. The van der Waals surface area contributed by atoms with Gasteiger partial charge in [-0.15, -0.1) is 12.4 Å². The molecule has 1 aliphatic rings. The van der Waals surface area contributed by atoms with Crippen molar-refractivity contribution in [1.29, 1.82) is 0 Å². The highest BCUT2D eigenvalue weighted by Crippen LogP contribution is 2.16. The summed E-state index contributed by atoms with van der Waals surface area (Å²) in [6.45, 7) is 6.17. The molecular weight excluding hydrogens is 374 g/mol. The minimum atomic E-state index is -0.0253. The number of aromatic nitrogens is 1. The van der Waals surface area contributed by atoms with E-state index in [4.69, 9.17) is 0 Å². The van der Waals surface area contributed by atoms with Gasteiger partial charge in [-0.1, -0.05) is 18.2 Å². The summed E-state index contributed by atoms with van der Waals surface area (Å²) in [7, 11) is 3.52. The first-order chi connectivity index (χ1) is 13.1. The summed E-state index contributed by atoms with van der Waals surface area (Å²) in [6.07, 6.45) is 2.75. The van der Waals surface area contributed by atoms with Crippen molar-refractivity contribution in [3.05, 3.63) is 54.2 Å². The molecule has 0 radical (unpaired) electrons. The summed E-state index contributed by atoms with van der Waals surface area (Å²) in [4.78, 5) is 23.1. The normalized spacial score (nSPS) is 14.3. The van der Waals surface area contributed by atoms with Crippen LogP contribution in [0.15, 0.2) is 48.7 Å².